The molecule has 138 valence electrons. The number of halogens is 1. The summed E-state index contributed by atoms with van der Waals surface area (Å²) in [5.74, 6) is -0.173. The van der Waals surface area contributed by atoms with Crippen molar-refractivity contribution in [2.24, 2.45) is 12.8 Å². The molecule has 0 fully saturated rings. The molecule has 3 heterocycles. The number of fused-ring (bicyclic) bond motifs is 1. The van der Waals surface area contributed by atoms with Crippen LogP contribution in [0.15, 0.2) is 54.9 Å². The van der Waals surface area contributed by atoms with E-state index in [1.165, 1.54) is 12.1 Å². The highest BCUT2D eigenvalue weighted by molar-refractivity contribution is 5.86. The van der Waals surface area contributed by atoms with Crippen molar-refractivity contribution in [1.29, 1.82) is 0 Å². The molecule has 4 rings (SSSR count). The Balaban J connectivity index is 1.72. The van der Waals surface area contributed by atoms with E-state index in [9.17, 15) is 9.50 Å². The molecule has 0 aliphatic heterocycles. The standard InChI is InChI=1S/C20H20FN5O/c1-25-19(7-8-23-25)17-6-5-16-18(24-17)12-26(20(16)27)15(11-22)10-13-3-2-4-14(21)9-13/h2-9,12,15,27H,10-11,22H2,1H3/t15-/m0/s1. The number of rotatable bonds is 5. The Morgan fingerprint density at radius 3 is 2.78 bits per heavy atom. The van der Waals surface area contributed by atoms with Crippen LogP contribution in [0.2, 0.25) is 0 Å². The molecule has 0 aliphatic carbocycles. The predicted molar refractivity (Wildman–Crippen MR) is 102 cm³/mol. The fourth-order valence-corrected chi connectivity index (χ4v) is 3.37. The molecule has 0 amide bonds. The van der Waals surface area contributed by atoms with Gasteiger partial charge in [0.2, 0.25) is 5.88 Å². The Kier molecular flexibility index (Phi) is 4.37. The first-order valence-corrected chi connectivity index (χ1v) is 8.70. The van der Waals surface area contributed by atoms with Gasteiger partial charge in [-0.25, -0.2) is 9.37 Å². The molecule has 3 aromatic heterocycles. The van der Waals surface area contributed by atoms with Gasteiger partial charge in [-0.05, 0) is 42.3 Å². The quantitative estimate of drug-likeness (QED) is 0.570. The van der Waals surface area contributed by atoms with Gasteiger partial charge < -0.3 is 15.4 Å². The second kappa shape index (κ2) is 6.85. The van der Waals surface area contributed by atoms with Crippen molar-refractivity contribution in [2.75, 3.05) is 6.54 Å². The molecular weight excluding hydrogens is 345 g/mol. The number of hydrogen-bond acceptors (Lipinski definition) is 4. The molecule has 0 spiro atoms. The van der Waals surface area contributed by atoms with Gasteiger partial charge in [0.15, 0.2) is 0 Å². The van der Waals surface area contributed by atoms with E-state index in [1.54, 1.807) is 27.7 Å². The molecule has 1 atom stereocenters. The van der Waals surface area contributed by atoms with Crippen molar-refractivity contribution in [3.05, 3.63) is 66.2 Å². The largest absolute Gasteiger partial charge is 0.494 e. The number of benzene rings is 1. The Bertz CT molecular complexity index is 1100. The zero-order valence-corrected chi connectivity index (χ0v) is 14.9. The topological polar surface area (TPSA) is 81.9 Å². The van der Waals surface area contributed by atoms with E-state index in [4.69, 9.17) is 5.73 Å². The molecule has 0 saturated heterocycles. The fraction of sp³-hybridized carbons (Fsp3) is 0.200. The minimum Gasteiger partial charge on any atom is -0.494 e. The minimum absolute atomic E-state index is 0.112. The van der Waals surface area contributed by atoms with Gasteiger partial charge in [-0.15, -0.1) is 0 Å². The zero-order chi connectivity index (χ0) is 19.0. The molecule has 0 saturated carbocycles. The lowest BCUT2D eigenvalue weighted by molar-refractivity contribution is 0.385. The highest BCUT2D eigenvalue weighted by atomic mass is 19.1. The summed E-state index contributed by atoms with van der Waals surface area (Å²) < 4.78 is 16.9. The van der Waals surface area contributed by atoms with Crippen LogP contribution in [0.25, 0.3) is 22.3 Å². The van der Waals surface area contributed by atoms with Crippen LogP contribution >= 0.6 is 0 Å². The minimum atomic E-state index is -0.285. The highest BCUT2D eigenvalue weighted by Gasteiger charge is 2.18. The number of aryl methyl sites for hydroxylation is 1. The molecule has 0 aliphatic rings. The van der Waals surface area contributed by atoms with Crippen molar-refractivity contribution >= 4 is 10.9 Å². The van der Waals surface area contributed by atoms with Gasteiger partial charge in [0, 0.05) is 26.0 Å². The Morgan fingerprint density at radius 1 is 1.22 bits per heavy atom. The average Bonchev–Trinajstić information content (AvgIpc) is 3.23. The van der Waals surface area contributed by atoms with Crippen LogP contribution in [0.4, 0.5) is 4.39 Å². The van der Waals surface area contributed by atoms with E-state index in [1.807, 2.05) is 31.3 Å². The first kappa shape index (κ1) is 17.2. The van der Waals surface area contributed by atoms with E-state index in [0.717, 1.165) is 17.0 Å². The number of aromatic hydroxyl groups is 1. The summed E-state index contributed by atoms with van der Waals surface area (Å²) in [6.45, 7) is 0.305. The molecule has 3 N–H and O–H groups in total. The summed E-state index contributed by atoms with van der Waals surface area (Å²) in [6.07, 6.45) is 4.02. The first-order valence-electron chi connectivity index (χ1n) is 8.70. The normalized spacial score (nSPS) is 12.6. The lowest BCUT2D eigenvalue weighted by Crippen LogP contribution is -2.20. The molecule has 27 heavy (non-hydrogen) atoms. The summed E-state index contributed by atoms with van der Waals surface area (Å²) in [5, 5.41) is 15.5. The summed E-state index contributed by atoms with van der Waals surface area (Å²) >= 11 is 0. The molecule has 7 heteroatoms. The SMILES string of the molecule is Cn1nccc1-c1ccc2c(O)n([C@H](CN)Cc3cccc(F)c3)cc2n1. The van der Waals surface area contributed by atoms with Gasteiger partial charge in [-0.3, -0.25) is 4.68 Å². The number of pyridine rings is 1. The Hall–Kier alpha value is -3.19. The average molecular weight is 365 g/mol. The van der Waals surface area contributed by atoms with Crippen LogP contribution in [0, 0.1) is 5.82 Å². The first-order chi connectivity index (χ1) is 13.1. The van der Waals surface area contributed by atoms with E-state index in [2.05, 4.69) is 10.1 Å². The maximum absolute atomic E-state index is 13.5. The second-order valence-corrected chi connectivity index (χ2v) is 6.55. The summed E-state index contributed by atoms with van der Waals surface area (Å²) in [7, 11) is 1.85. The van der Waals surface area contributed by atoms with Gasteiger partial charge >= 0.3 is 0 Å². The van der Waals surface area contributed by atoms with Gasteiger partial charge in [-0.2, -0.15) is 5.10 Å². The smallest absolute Gasteiger partial charge is 0.201 e. The molecule has 6 nitrogen and oxygen atoms in total. The second-order valence-electron chi connectivity index (χ2n) is 6.55. The number of nitrogens with two attached hydrogens (primary N) is 1. The van der Waals surface area contributed by atoms with Crippen LogP contribution in [0.1, 0.15) is 11.6 Å². The molecule has 0 bridgehead atoms. The molecular formula is C20H20FN5O. The third-order valence-corrected chi connectivity index (χ3v) is 4.78. The molecule has 0 unspecified atom stereocenters. The van der Waals surface area contributed by atoms with Crippen molar-refractivity contribution in [3.8, 4) is 17.3 Å². The maximum Gasteiger partial charge on any atom is 0.201 e. The van der Waals surface area contributed by atoms with Gasteiger partial charge in [0.1, 0.15) is 5.82 Å². The highest BCUT2D eigenvalue weighted by Crippen LogP contribution is 2.32. The lowest BCUT2D eigenvalue weighted by Gasteiger charge is -2.18. The van der Waals surface area contributed by atoms with Gasteiger partial charge in [0.05, 0.1) is 28.3 Å². The van der Waals surface area contributed by atoms with E-state index in [-0.39, 0.29) is 17.7 Å². The molecule has 0 radical (unpaired) electrons. The maximum atomic E-state index is 13.5. The summed E-state index contributed by atoms with van der Waals surface area (Å²) in [4.78, 5) is 4.66. The number of nitrogens with zero attached hydrogens (tertiary/aromatic N) is 4. The van der Waals surface area contributed by atoms with Crippen molar-refractivity contribution < 1.29 is 9.50 Å². The Morgan fingerprint density at radius 2 is 2.07 bits per heavy atom. The Labute approximate surface area is 155 Å². The molecule has 4 aromatic rings. The monoisotopic (exact) mass is 365 g/mol. The van der Waals surface area contributed by atoms with E-state index < -0.39 is 0 Å². The van der Waals surface area contributed by atoms with Crippen molar-refractivity contribution in [2.45, 2.75) is 12.5 Å². The third kappa shape index (κ3) is 3.17. The van der Waals surface area contributed by atoms with Crippen LogP contribution < -0.4 is 5.73 Å². The van der Waals surface area contributed by atoms with Gasteiger partial charge in [-0.1, -0.05) is 12.1 Å². The fourth-order valence-electron chi connectivity index (χ4n) is 3.37. The van der Waals surface area contributed by atoms with E-state index >= 15 is 0 Å². The summed E-state index contributed by atoms with van der Waals surface area (Å²) in [5.41, 5.74) is 9.11. The predicted octanol–water partition coefficient (Wildman–Crippen LogP) is 3.02. The van der Waals surface area contributed by atoms with E-state index in [0.29, 0.717) is 23.9 Å². The molecule has 1 aromatic carbocycles. The third-order valence-electron chi connectivity index (χ3n) is 4.78. The van der Waals surface area contributed by atoms with Crippen LogP contribution in [-0.2, 0) is 13.5 Å². The lowest BCUT2D eigenvalue weighted by atomic mass is 10.1. The van der Waals surface area contributed by atoms with Crippen LogP contribution in [0.5, 0.6) is 5.88 Å². The number of hydrogen-bond donors (Lipinski definition) is 2. The van der Waals surface area contributed by atoms with Crippen molar-refractivity contribution in [1.82, 2.24) is 19.3 Å². The zero-order valence-electron chi connectivity index (χ0n) is 14.9. The summed E-state index contributed by atoms with van der Waals surface area (Å²) in [6, 6.07) is 11.8. The van der Waals surface area contributed by atoms with Crippen LogP contribution in [-0.4, -0.2) is 31.0 Å². The van der Waals surface area contributed by atoms with Gasteiger partial charge in [0.25, 0.3) is 0 Å². The van der Waals surface area contributed by atoms with Crippen LogP contribution in [0.3, 0.4) is 0 Å². The number of aromatic nitrogens is 4. The van der Waals surface area contributed by atoms with Crippen molar-refractivity contribution in [3.63, 3.8) is 0 Å².